The summed E-state index contributed by atoms with van der Waals surface area (Å²) in [4.78, 5) is 14.3. The van der Waals surface area contributed by atoms with Gasteiger partial charge in [-0.05, 0) is 43.5 Å². The Morgan fingerprint density at radius 3 is 2.96 bits per heavy atom. The summed E-state index contributed by atoms with van der Waals surface area (Å²) in [6, 6.07) is 6.95. The Morgan fingerprint density at radius 1 is 1.35 bits per heavy atom. The van der Waals surface area contributed by atoms with Crippen LogP contribution in [0.3, 0.4) is 0 Å². The number of ether oxygens (including phenoxy) is 1. The van der Waals surface area contributed by atoms with Crippen molar-refractivity contribution < 1.29 is 19.1 Å². The molecule has 3 heterocycles. The summed E-state index contributed by atoms with van der Waals surface area (Å²) in [5.74, 6) is 0.0713. The average Bonchev–Trinajstić information content (AvgIpc) is 3.16. The van der Waals surface area contributed by atoms with Crippen molar-refractivity contribution in [3.8, 4) is 0 Å². The Kier molecular flexibility index (Phi) is 3.59. The van der Waals surface area contributed by atoms with Crippen molar-refractivity contribution >= 4 is 28.5 Å². The lowest BCUT2D eigenvalue weighted by Crippen LogP contribution is -2.56. The number of hydrogen-bond donors (Lipinski definition) is 1. The second-order valence-corrected chi connectivity index (χ2v) is 6.76. The van der Waals surface area contributed by atoms with Crippen LogP contribution in [0.4, 0.5) is 0 Å². The van der Waals surface area contributed by atoms with Gasteiger partial charge in [-0.3, -0.25) is 4.79 Å². The van der Waals surface area contributed by atoms with Gasteiger partial charge in [0.25, 0.3) is 5.91 Å². The molecule has 6 heteroatoms. The van der Waals surface area contributed by atoms with Crippen LogP contribution in [0.5, 0.6) is 0 Å². The second kappa shape index (κ2) is 5.51. The number of likely N-dealkylation sites (tertiary alicyclic amines) is 1. The molecule has 0 aliphatic carbocycles. The number of hydrogen-bond acceptors (Lipinski definition) is 4. The van der Waals surface area contributed by atoms with E-state index in [1.807, 2.05) is 0 Å². The molecule has 2 fully saturated rings. The Morgan fingerprint density at radius 2 is 2.22 bits per heavy atom. The number of halogens is 1. The predicted molar refractivity (Wildman–Crippen MR) is 85.7 cm³/mol. The minimum Gasteiger partial charge on any atom is -0.451 e. The zero-order valence-electron chi connectivity index (χ0n) is 12.6. The average molecular weight is 336 g/mol. The van der Waals surface area contributed by atoms with E-state index in [1.165, 1.54) is 0 Å². The summed E-state index contributed by atoms with van der Waals surface area (Å²) in [6.45, 7) is 1.53. The predicted octanol–water partition coefficient (Wildman–Crippen LogP) is 2.84. The number of rotatable bonds is 1. The van der Waals surface area contributed by atoms with Gasteiger partial charge in [-0.1, -0.05) is 11.6 Å². The molecule has 2 saturated heterocycles. The Bertz CT molecular complexity index is 750. The lowest BCUT2D eigenvalue weighted by Gasteiger charge is -2.42. The zero-order chi connectivity index (χ0) is 16.0. The van der Waals surface area contributed by atoms with Gasteiger partial charge in [0.1, 0.15) is 11.7 Å². The fraction of sp³-hybridized carbons (Fsp3) is 0.471. The van der Waals surface area contributed by atoms with Gasteiger partial charge in [0, 0.05) is 30.1 Å². The van der Waals surface area contributed by atoms with Crippen molar-refractivity contribution in [2.75, 3.05) is 19.7 Å². The SMILES string of the molecule is O=C(c1cc2cc(Cl)ccc2o1)N1CC[C@@]2(CCCO2)[C@@H](O)C1. The summed E-state index contributed by atoms with van der Waals surface area (Å²) < 4.78 is 11.4. The molecule has 2 aliphatic rings. The maximum atomic E-state index is 12.7. The van der Waals surface area contributed by atoms with Crippen molar-refractivity contribution in [1.29, 1.82) is 0 Å². The van der Waals surface area contributed by atoms with E-state index in [1.54, 1.807) is 29.2 Å². The number of nitrogens with zero attached hydrogens (tertiary/aromatic N) is 1. The zero-order valence-corrected chi connectivity index (χ0v) is 13.4. The monoisotopic (exact) mass is 335 g/mol. The van der Waals surface area contributed by atoms with Crippen molar-refractivity contribution in [2.24, 2.45) is 0 Å². The molecular weight excluding hydrogens is 318 g/mol. The fourth-order valence-corrected chi connectivity index (χ4v) is 3.78. The number of fused-ring (bicyclic) bond motifs is 1. The van der Waals surface area contributed by atoms with Crippen molar-refractivity contribution in [1.82, 2.24) is 4.90 Å². The summed E-state index contributed by atoms with van der Waals surface area (Å²) in [5.41, 5.74) is 0.170. The molecule has 2 aliphatic heterocycles. The van der Waals surface area contributed by atoms with Crippen LogP contribution in [0, 0.1) is 0 Å². The first-order chi connectivity index (χ1) is 11.1. The number of β-amino-alcohol motifs (C(OH)–C–C–N with tert-alkyl or cyclic N) is 1. The number of carbonyl (C=O) groups excluding carboxylic acids is 1. The lowest BCUT2D eigenvalue weighted by atomic mass is 9.86. The maximum Gasteiger partial charge on any atom is 0.289 e. The number of furan rings is 1. The normalized spacial score (nSPS) is 27.9. The number of carbonyl (C=O) groups is 1. The molecule has 1 aromatic carbocycles. The molecule has 0 radical (unpaired) electrons. The first-order valence-electron chi connectivity index (χ1n) is 7.88. The van der Waals surface area contributed by atoms with E-state index >= 15 is 0 Å². The van der Waals surface area contributed by atoms with Crippen LogP contribution >= 0.6 is 11.6 Å². The molecular formula is C17H18ClNO4. The van der Waals surface area contributed by atoms with E-state index in [0.29, 0.717) is 30.2 Å². The minimum absolute atomic E-state index is 0.204. The highest BCUT2D eigenvalue weighted by atomic mass is 35.5. The molecule has 2 aromatic rings. The van der Waals surface area contributed by atoms with Crippen LogP contribution in [0.2, 0.25) is 5.02 Å². The number of piperidine rings is 1. The van der Waals surface area contributed by atoms with Gasteiger partial charge in [-0.2, -0.15) is 0 Å². The van der Waals surface area contributed by atoms with Gasteiger partial charge >= 0.3 is 0 Å². The van der Waals surface area contributed by atoms with Crippen molar-refractivity contribution in [3.63, 3.8) is 0 Å². The van der Waals surface area contributed by atoms with E-state index in [9.17, 15) is 9.90 Å². The van der Waals surface area contributed by atoms with Crippen molar-refractivity contribution in [3.05, 3.63) is 35.0 Å². The first kappa shape index (κ1) is 15.0. The van der Waals surface area contributed by atoms with Gasteiger partial charge in [-0.25, -0.2) is 0 Å². The molecule has 4 rings (SSSR count). The van der Waals surface area contributed by atoms with Gasteiger partial charge in [0.15, 0.2) is 5.76 Å². The third-order valence-electron chi connectivity index (χ3n) is 4.92. The third-order valence-corrected chi connectivity index (χ3v) is 5.15. The van der Waals surface area contributed by atoms with E-state index in [4.69, 9.17) is 20.8 Å². The smallest absolute Gasteiger partial charge is 0.289 e. The van der Waals surface area contributed by atoms with Crippen LogP contribution in [-0.2, 0) is 4.74 Å². The molecule has 5 nitrogen and oxygen atoms in total. The van der Waals surface area contributed by atoms with Crippen LogP contribution in [0.15, 0.2) is 28.7 Å². The highest BCUT2D eigenvalue weighted by Crippen LogP contribution is 2.36. The molecule has 2 atom stereocenters. The Hall–Kier alpha value is -1.56. The van der Waals surface area contributed by atoms with Gasteiger partial charge < -0.3 is 19.2 Å². The topological polar surface area (TPSA) is 62.9 Å². The molecule has 1 aromatic heterocycles. The first-order valence-corrected chi connectivity index (χ1v) is 8.26. The molecule has 1 spiro atoms. The summed E-state index contributed by atoms with van der Waals surface area (Å²) in [5, 5.41) is 11.8. The van der Waals surface area contributed by atoms with Crippen LogP contribution in [0.1, 0.15) is 29.8 Å². The lowest BCUT2D eigenvalue weighted by molar-refractivity contribution is -0.123. The number of aliphatic hydroxyl groups is 1. The van der Waals surface area contributed by atoms with Gasteiger partial charge in [-0.15, -0.1) is 0 Å². The molecule has 1 amide bonds. The van der Waals surface area contributed by atoms with Crippen LogP contribution < -0.4 is 0 Å². The summed E-state index contributed by atoms with van der Waals surface area (Å²) in [7, 11) is 0. The quantitative estimate of drug-likeness (QED) is 0.870. The summed E-state index contributed by atoms with van der Waals surface area (Å²) in [6.07, 6.45) is 1.84. The minimum atomic E-state index is -0.651. The molecule has 0 saturated carbocycles. The molecule has 0 bridgehead atoms. The van der Waals surface area contributed by atoms with Crippen LogP contribution in [-0.4, -0.2) is 47.3 Å². The standard InChI is InChI=1S/C17H18ClNO4/c18-12-2-3-13-11(8-12)9-14(23-13)16(21)19-6-5-17(15(20)10-19)4-1-7-22-17/h2-3,8-9,15,20H,1,4-7,10H2/t15-,17-/m0/s1. The number of amides is 1. The fourth-order valence-electron chi connectivity index (χ4n) is 3.60. The highest BCUT2D eigenvalue weighted by Gasteiger charge is 2.46. The second-order valence-electron chi connectivity index (χ2n) is 6.33. The van der Waals surface area contributed by atoms with E-state index in [0.717, 1.165) is 18.2 Å². The van der Waals surface area contributed by atoms with Crippen LogP contribution in [0.25, 0.3) is 11.0 Å². The van der Waals surface area contributed by atoms with E-state index < -0.39 is 11.7 Å². The largest absolute Gasteiger partial charge is 0.451 e. The maximum absolute atomic E-state index is 12.7. The van der Waals surface area contributed by atoms with E-state index in [2.05, 4.69) is 0 Å². The number of aliphatic hydroxyl groups excluding tert-OH is 1. The molecule has 0 unspecified atom stereocenters. The van der Waals surface area contributed by atoms with Crippen molar-refractivity contribution in [2.45, 2.75) is 31.0 Å². The van der Waals surface area contributed by atoms with Gasteiger partial charge in [0.05, 0.1) is 5.60 Å². The molecule has 23 heavy (non-hydrogen) atoms. The number of benzene rings is 1. The van der Waals surface area contributed by atoms with E-state index in [-0.39, 0.29) is 18.2 Å². The highest BCUT2D eigenvalue weighted by molar-refractivity contribution is 6.31. The Balaban J connectivity index is 1.54. The molecule has 122 valence electrons. The molecule has 1 N–H and O–H groups in total. The summed E-state index contributed by atoms with van der Waals surface area (Å²) >= 11 is 5.96. The van der Waals surface area contributed by atoms with Gasteiger partial charge in [0.2, 0.25) is 0 Å². The Labute approximate surface area is 138 Å². The third kappa shape index (κ3) is 2.53.